The Morgan fingerprint density at radius 2 is 2.03 bits per heavy atom. The van der Waals surface area contributed by atoms with Crippen LogP contribution in [0, 0.1) is 5.92 Å². The highest BCUT2D eigenvalue weighted by Crippen LogP contribution is 2.42. The smallest absolute Gasteiger partial charge is 0.147 e. The fourth-order valence-electron chi connectivity index (χ4n) is 4.14. The summed E-state index contributed by atoms with van der Waals surface area (Å²) in [4.78, 5) is 15.4. The number of nitrogens with one attached hydrogen (secondary N) is 1. The predicted molar refractivity (Wildman–Crippen MR) is 122 cm³/mol. The molecule has 6 heteroatoms. The molecule has 1 aliphatic rings. The quantitative estimate of drug-likeness (QED) is 0.490. The molecule has 4 rings (SSSR count). The van der Waals surface area contributed by atoms with Crippen molar-refractivity contribution >= 4 is 37.6 Å². The number of rotatable bonds is 7. The number of unbranched alkanes of at least 4 members (excludes halogenated alkanes) is 2. The first-order valence-electron chi connectivity index (χ1n) is 10.8. The van der Waals surface area contributed by atoms with E-state index in [0.29, 0.717) is 12.5 Å². The van der Waals surface area contributed by atoms with E-state index in [9.17, 15) is 0 Å². The third kappa shape index (κ3) is 4.10. The number of fused-ring (bicyclic) bond motifs is 5. The van der Waals surface area contributed by atoms with E-state index in [0.717, 1.165) is 46.7 Å². The lowest BCUT2D eigenvalue weighted by Gasteiger charge is -2.33. The normalized spacial score (nSPS) is 15.9. The fourth-order valence-corrected chi connectivity index (χ4v) is 5.28. The van der Waals surface area contributed by atoms with Crippen molar-refractivity contribution in [2.75, 3.05) is 11.9 Å². The molecule has 0 bridgehead atoms. The highest BCUT2D eigenvalue weighted by atomic mass is 32.1. The number of hydrogen-bond acceptors (Lipinski definition) is 6. The maximum Gasteiger partial charge on any atom is 0.147 e. The number of aromatic nitrogens is 3. The molecule has 0 unspecified atom stereocenters. The van der Waals surface area contributed by atoms with Crippen LogP contribution in [-0.4, -0.2) is 27.1 Å². The number of pyridine rings is 1. The number of anilines is 1. The standard InChI is InChI=1S/C23H32N4OS/c1-6-7-8-9-24-21-20-19(25-13-26-21)18-15-11-23(4,5)28-12-16(15)17(10-14(2)3)27-22(18)29-20/h13-14H,6-12H2,1-5H3,(H,24,25,26). The van der Waals surface area contributed by atoms with Gasteiger partial charge in [-0.1, -0.05) is 33.6 Å². The second-order valence-corrected chi connectivity index (χ2v) is 10.2. The second kappa shape index (κ2) is 8.15. The molecule has 5 nitrogen and oxygen atoms in total. The van der Waals surface area contributed by atoms with Crippen LogP contribution >= 0.6 is 11.3 Å². The van der Waals surface area contributed by atoms with Crippen LogP contribution < -0.4 is 5.32 Å². The van der Waals surface area contributed by atoms with Crippen molar-refractivity contribution in [1.29, 1.82) is 0 Å². The van der Waals surface area contributed by atoms with E-state index in [2.05, 4.69) is 44.9 Å². The van der Waals surface area contributed by atoms with Crippen molar-refractivity contribution in [3.8, 4) is 0 Å². The minimum Gasteiger partial charge on any atom is -0.370 e. The fraction of sp³-hybridized carbons (Fsp3) is 0.609. The van der Waals surface area contributed by atoms with Crippen LogP contribution in [0.25, 0.3) is 20.4 Å². The Bertz CT molecular complexity index is 1020. The van der Waals surface area contributed by atoms with Crippen molar-refractivity contribution in [3.05, 3.63) is 23.1 Å². The molecule has 29 heavy (non-hydrogen) atoms. The van der Waals surface area contributed by atoms with E-state index in [-0.39, 0.29) is 5.60 Å². The van der Waals surface area contributed by atoms with Crippen molar-refractivity contribution in [2.45, 2.75) is 78.9 Å². The summed E-state index contributed by atoms with van der Waals surface area (Å²) in [7, 11) is 0. The first kappa shape index (κ1) is 20.5. The molecule has 0 atom stereocenters. The van der Waals surface area contributed by atoms with Crippen LogP contribution in [-0.2, 0) is 24.2 Å². The number of ether oxygens (including phenoxy) is 1. The molecule has 1 aliphatic heterocycles. The zero-order valence-corrected chi connectivity index (χ0v) is 19.1. The van der Waals surface area contributed by atoms with Gasteiger partial charge in [0.15, 0.2) is 0 Å². The number of thiophene rings is 1. The minimum atomic E-state index is -0.168. The lowest BCUT2D eigenvalue weighted by molar-refractivity contribution is -0.0402. The lowest BCUT2D eigenvalue weighted by Crippen LogP contribution is -2.33. The maximum atomic E-state index is 6.17. The van der Waals surface area contributed by atoms with Crippen LogP contribution in [0.5, 0.6) is 0 Å². The maximum absolute atomic E-state index is 6.17. The highest BCUT2D eigenvalue weighted by molar-refractivity contribution is 7.26. The van der Waals surface area contributed by atoms with E-state index in [1.165, 1.54) is 35.0 Å². The number of nitrogens with zero attached hydrogens (tertiary/aromatic N) is 3. The Kier molecular flexibility index (Phi) is 5.76. The molecule has 4 heterocycles. The van der Waals surface area contributed by atoms with Gasteiger partial charge in [0.25, 0.3) is 0 Å². The Morgan fingerprint density at radius 1 is 1.21 bits per heavy atom. The highest BCUT2D eigenvalue weighted by Gasteiger charge is 2.31. The van der Waals surface area contributed by atoms with Crippen molar-refractivity contribution in [1.82, 2.24) is 15.0 Å². The third-order valence-corrected chi connectivity index (χ3v) is 6.67. The molecule has 0 fully saturated rings. The molecule has 0 saturated carbocycles. The van der Waals surface area contributed by atoms with Crippen molar-refractivity contribution < 1.29 is 4.74 Å². The summed E-state index contributed by atoms with van der Waals surface area (Å²) in [5.41, 5.74) is 4.72. The predicted octanol–water partition coefficient (Wildman–Crippen LogP) is 5.89. The Labute approximate surface area is 177 Å². The molecular formula is C23H32N4OS. The SMILES string of the molecule is CCCCCNc1ncnc2c1sc1nc(CC(C)C)c3c(c12)CC(C)(C)OC3. The van der Waals surface area contributed by atoms with Gasteiger partial charge in [-0.05, 0) is 38.2 Å². The molecule has 0 aromatic carbocycles. The van der Waals surface area contributed by atoms with Gasteiger partial charge in [-0.3, -0.25) is 0 Å². The summed E-state index contributed by atoms with van der Waals surface area (Å²) >= 11 is 1.73. The molecule has 1 N–H and O–H groups in total. The van der Waals surface area contributed by atoms with Gasteiger partial charge in [0.2, 0.25) is 0 Å². The summed E-state index contributed by atoms with van der Waals surface area (Å²) in [5, 5.41) is 4.74. The minimum absolute atomic E-state index is 0.168. The largest absolute Gasteiger partial charge is 0.370 e. The van der Waals surface area contributed by atoms with Crippen LogP contribution in [0.2, 0.25) is 0 Å². The monoisotopic (exact) mass is 412 g/mol. The average Bonchev–Trinajstić information content (AvgIpc) is 3.03. The van der Waals surface area contributed by atoms with Crippen LogP contribution in [0.3, 0.4) is 0 Å². The van der Waals surface area contributed by atoms with E-state index >= 15 is 0 Å². The average molecular weight is 413 g/mol. The van der Waals surface area contributed by atoms with Gasteiger partial charge in [0.1, 0.15) is 17.0 Å². The molecule has 3 aromatic heterocycles. The Hall–Kier alpha value is -1.79. The van der Waals surface area contributed by atoms with E-state index in [4.69, 9.17) is 14.7 Å². The van der Waals surface area contributed by atoms with E-state index in [1.807, 2.05) is 0 Å². The molecule has 0 spiro atoms. The van der Waals surface area contributed by atoms with Gasteiger partial charge in [-0.15, -0.1) is 11.3 Å². The molecule has 0 radical (unpaired) electrons. The second-order valence-electron chi connectivity index (χ2n) is 9.15. The zero-order chi connectivity index (χ0) is 20.6. The topological polar surface area (TPSA) is 59.9 Å². The summed E-state index contributed by atoms with van der Waals surface area (Å²) in [6.45, 7) is 12.7. The molecule has 3 aromatic rings. The summed E-state index contributed by atoms with van der Waals surface area (Å²) < 4.78 is 7.29. The summed E-state index contributed by atoms with van der Waals surface area (Å²) in [6, 6.07) is 0. The summed E-state index contributed by atoms with van der Waals surface area (Å²) in [5.74, 6) is 1.50. The third-order valence-electron chi connectivity index (χ3n) is 5.59. The van der Waals surface area contributed by atoms with Crippen molar-refractivity contribution in [3.63, 3.8) is 0 Å². The first-order chi connectivity index (χ1) is 13.9. The molecule has 156 valence electrons. The van der Waals surface area contributed by atoms with Crippen LogP contribution in [0.4, 0.5) is 5.82 Å². The van der Waals surface area contributed by atoms with E-state index < -0.39 is 0 Å². The van der Waals surface area contributed by atoms with Crippen LogP contribution in [0.1, 0.15) is 70.7 Å². The van der Waals surface area contributed by atoms with E-state index in [1.54, 1.807) is 17.7 Å². The summed E-state index contributed by atoms with van der Waals surface area (Å²) in [6.07, 6.45) is 7.17. The van der Waals surface area contributed by atoms with Crippen LogP contribution in [0.15, 0.2) is 6.33 Å². The van der Waals surface area contributed by atoms with Gasteiger partial charge in [0, 0.05) is 29.6 Å². The molecule has 0 aliphatic carbocycles. The Balaban J connectivity index is 1.86. The molecule has 0 amide bonds. The Morgan fingerprint density at radius 3 is 2.79 bits per heavy atom. The molecule has 0 saturated heterocycles. The first-order valence-corrected chi connectivity index (χ1v) is 11.7. The van der Waals surface area contributed by atoms with Crippen molar-refractivity contribution in [2.24, 2.45) is 5.92 Å². The van der Waals surface area contributed by atoms with Gasteiger partial charge in [-0.2, -0.15) is 0 Å². The number of hydrogen-bond donors (Lipinski definition) is 1. The van der Waals surface area contributed by atoms with Gasteiger partial charge in [0.05, 0.1) is 22.4 Å². The zero-order valence-electron chi connectivity index (χ0n) is 18.3. The van der Waals surface area contributed by atoms with Gasteiger partial charge >= 0.3 is 0 Å². The lowest BCUT2D eigenvalue weighted by atomic mass is 9.88. The van der Waals surface area contributed by atoms with Gasteiger partial charge < -0.3 is 10.1 Å². The molecular weight excluding hydrogens is 380 g/mol. The van der Waals surface area contributed by atoms with Gasteiger partial charge in [-0.25, -0.2) is 15.0 Å².